The number of ether oxygens (including phenoxy) is 4. The SMILES string of the molecule is CCOc1cc(/C=c2\sc3n(c2=O)[C@H](c2ccc(OC)cc2)C(C(=O)OC(C)C)=C(C)N=3)ccc1OCc1ccc(F)cc1. The van der Waals surface area contributed by atoms with Gasteiger partial charge in [0.05, 0.1) is 41.7 Å². The molecule has 3 aromatic carbocycles. The lowest BCUT2D eigenvalue weighted by Crippen LogP contribution is -2.40. The third-order valence-electron chi connectivity index (χ3n) is 6.89. The number of allylic oxidation sites excluding steroid dienone is 1. The van der Waals surface area contributed by atoms with E-state index in [2.05, 4.69) is 4.99 Å². The van der Waals surface area contributed by atoms with Gasteiger partial charge in [0.2, 0.25) is 0 Å². The topological polar surface area (TPSA) is 88.4 Å². The number of carbonyl (C=O) groups excluding carboxylic acids is 1. The first-order valence-electron chi connectivity index (χ1n) is 14.2. The molecule has 10 heteroatoms. The van der Waals surface area contributed by atoms with Crippen LogP contribution in [0, 0.1) is 5.82 Å². The molecule has 2 heterocycles. The van der Waals surface area contributed by atoms with Crippen LogP contribution in [0.25, 0.3) is 6.08 Å². The molecule has 1 aromatic heterocycles. The molecule has 0 unspecified atom stereocenters. The highest BCUT2D eigenvalue weighted by atomic mass is 32.1. The van der Waals surface area contributed by atoms with E-state index in [9.17, 15) is 14.0 Å². The Morgan fingerprint density at radius 3 is 2.43 bits per heavy atom. The summed E-state index contributed by atoms with van der Waals surface area (Å²) in [5, 5.41) is 0. The highest BCUT2D eigenvalue weighted by molar-refractivity contribution is 7.07. The number of methoxy groups -OCH3 is 1. The van der Waals surface area contributed by atoms with Crippen LogP contribution in [-0.4, -0.2) is 30.4 Å². The Bertz CT molecular complexity index is 1870. The van der Waals surface area contributed by atoms with Crippen LogP contribution in [-0.2, 0) is 16.1 Å². The van der Waals surface area contributed by atoms with Crippen LogP contribution in [0.15, 0.2) is 87.8 Å². The Morgan fingerprint density at radius 2 is 1.77 bits per heavy atom. The number of carbonyl (C=O) groups is 1. The Hall–Kier alpha value is -4.70. The standard InChI is InChI=1S/C34H33FN2O6S/c1-6-41-28-17-23(9-16-27(28)42-19-22-7-12-25(35)13-8-22)18-29-32(38)37-31(24-10-14-26(40-5)15-11-24)30(33(39)43-20(2)3)21(4)36-34(37)44-29/h7-18,20,31H,6,19H2,1-5H3/b29-18-/t31-/m1/s1. The van der Waals surface area contributed by atoms with Crippen LogP contribution in [0.5, 0.6) is 17.2 Å². The fraction of sp³-hybridized carbons (Fsp3) is 0.265. The molecule has 1 aliphatic heterocycles. The molecule has 0 spiro atoms. The Labute approximate surface area is 258 Å². The molecule has 0 amide bonds. The monoisotopic (exact) mass is 616 g/mol. The van der Waals surface area contributed by atoms with E-state index in [0.29, 0.717) is 44.5 Å². The molecule has 0 N–H and O–H groups in total. The maximum atomic E-state index is 14.0. The first-order chi connectivity index (χ1) is 21.2. The van der Waals surface area contributed by atoms with Gasteiger partial charge in [0.15, 0.2) is 16.3 Å². The maximum absolute atomic E-state index is 14.0. The van der Waals surface area contributed by atoms with Gasteiger partial charge in [-0.25, -0.2) is 14.2 Å². The number of hydrogen-bond acceptors (Lipinski definition) is 8. The van der Waals surface area contributed by atoms with Crippen molar-refractivity contribution >= 4 is 23.4 Å². The molecule has 0 bridgehead atoms. The van der Waals surface area contributed by atoms with Crippen LogP contribution in [0.2, 0.25) is 0 Å². The Morgan fingerprint density at radius 1 is 1.05 bits per heavy atom. The van der Waals surface area contributed by atoms with Gasteiger partial charge in [-0.15, -0.1) is 0 Å². The lowest BCUT2D eigenvalue weighted by Gasteiger charge is -2.25. The quantitative estimate of drug-likeness (QED) is 0.225. The van der Waals surface area contributed by atoms with Crippen molar-refractivity contribution in [2.24, 2.45) is 4.99 Å². The Balaban J connectivity index is 1.55. The molecule has 5 rings (SSSR count). The first kappa shape index (κ1) is 30.7. The van der Waals surface area contributed by atoms with E-state index < -0.39 is 12.0 Å². The van der Waals surface area contributed by atoms with Crippen molar-refractivity contribution in [2.75, 3.05) is 13.7 Å². The Kier molecular flexibility index (Phi) is 9.29. The van der Waals surface area contributed by atoms with E-state index in [0.717, 1.165) is 16.7 Å². The van der Waals surface area contributed by atoms with Gasteiger partial charge in [-0.1, -0.05) is 41.7 Å². The van der Waals surface area contributed by atoms with Gasteiger partial charge in [-0.3, -0.25) is 9.36 Å². The molecule has 0 saturated heterocycles. The zero-order valence-electron chi connectivity index (χ0n) is 25.1. The third kappa shape index (κ3) is 6.60. The number of fused-ring (bicyclic) bond motifs is 1. The summed E-state index contributed by atoms with van der Waals surface area (Å²) in [5.41, 5.74) is 2.78. The lowest BCUT2D eigenvalue weighted by molar-refractivity contribution is -0.143. The van der Waals surface area contributed by atoms with E-state index in [1.54, 1.807) is 74.9 Å². The number of nitrogens with zero attached hydrogens (tertiary/aromatic N) is 2. The highest BCUT2D eigenvalue weighted by Gasteiger charge is 2.33. The molecule has 228 valence electrons. The molecule has 4 aromatic rings. The zero-order valence-corrected chi connectivity index (χ0v) is 25.9. The molecule has 1 aliphatic rings. The smallest absolute Gasteiger partial charge is 0.338 e. The van der Waals surface area contributed by atoms with E-state index in [4.69, 9.17) is 18.9 Å². The second kappa shape index (κ2) is 13.3. The van der Waals surface area contributed by atoms with E-state index in [1.165, 1.54) is 23.5 Å². The fourth-order valence-corrected chi connectivity index (χ4v) is 5.90. The van der Waals surface area contributed by atoms with Gasteiger partial charge in [-0.2, -0.15) is 0 Å². The minimum absolute atomic E-state index is 0.241. The predicted octanol–water partition coefficient (Wildman–Crippen LogP) is 5.31. The van der Waals surface area contributed by atoms with E-state index >= 15 is 0 Å². The van der Waals surface area contributed by atoms with Crippen molar-refractivity contribution in [1.29, 1.82) is 0 Å². The summed E-state index contributed by atoms with van der Waals surface area (Å²) in [6, 6.07) is 18.0. The van der Waals surface area contributed by atoms with Crippen molar-refractivity contribution in [3.8, 4) is 17.2 Å². The normalized spacial score (nSPS) is 14.7. The number of esters is 1. The molecule has 1 atom stereocenters. The first-order valence-corrected chi connectivity index (χ1v) is 15.0. The average molecular weight is 617 g/mol. The number of aromatic nitrogens is 1. The zero-order chi connectivity index (χ0) is 31.4. The third-order valence-corrected chi connectivity index (χ3v) is 7.87. The number of thiazole rings is 1. The van der Waals surface area contributed by atoms with Crippen molar-refractivity contribution in [3.05, 3.63) is 120 Å². The van der Waals surface area contributed by atoms with Crippen molar-refractivity contribution in [2.45, 2.75) is 46.4 Å². The second-order valence-electron chi connectivity index (χ2n) is 10.4. The van der Waals surface area contributed by atoms with Gasteiger partial charge in [0.25, 0.3) is 5.56 Å². The summed E-state index contributed by atoms with van der Waals surface area (Å²) >= 11 is 1.24. The van der Waals surface area contributed by atoms with Gasteiger partial charge in [-0.05, 0) is 86.9 Å². The van der Waals surface area contributed by atoms with Gasteiger partial charge >= 0.3 is 5.97 Å². The summed E-state index contributed by atoms with van der Waals surface area (Å²) in [6.45, 7) is 7.84. The summed E-state index contributed by atoms with van der Waals surface area (Å²) < 4.78 is 38.0. The van der Waals surface area contributed by atoms with Crippen molar-refractivity contribution < 1.29 is 28.1 Å². The minimum Gasteiger partial charge on any atom is -0.497 e. The average Bonchev–Trinajstić information content (AvgIpc) is 3.30. The van der Waals surface area contributed by atoms with Gasteiger partial charge < -0.3 is 18.9 Å². The molecule has 8 nitrogen and oxygen atoms in total. The van der Waals surface area contributed by atoms with E-state index in [1.807, 2.05) is 25.1 Å². The fourth-order valence-electron chi connectivity index (χ4n) is 4.86. The molecular formula is C34H33FN2O6S. The van der Waals surface area contributed by atoms with Crippen LogP contribution in [0.1, 0.15) is 50.4 Å². The molecule has 0 fully saturated rings. The summed E-state index contributed by atoms with van der Waals surface area (Å²) in [4.78, 5) is 32.4. The maximum Gasteiger partial charge on any atom is 0.338 e. The number of rotatable bonds is 10. The highest BCUT2D eigenvalue weighted by Crippen LogP contribution is 2.32. The van der Waals surface area contributed by atoms with Crippen LogP contribution >= 0.6 is 11.3 Å². The van der Waals surface area contributed by atoms with E-state index in [-0.39, 0.29) is 24.1 Å². The number of benzene rings is 3. The summed E-state index contributed by atoms with van der Waals surface area (Å²) in [7, 11) is 1.58. The molecule has 44 heavy (non-hydrogen) atoms. The van der Waals surface area contributed by atoms with Crippen LogP contribution < -0.4 is 29.1 Å². The predicted molar refractivity (Wildman–Crippen MR) is 166 cm³/mol. The lowest BCUT2D eigenvalue weighted by atomic mass is 9.96. The number of halogens is 1. The largest absolute Gasteiger partial charge is 0.497 e. The number of hydrogen-bond donors (Lipinski definition) is 0. The second-order valence-corrected chi connectivity index (χ2v) is 11.4. The minimum atomic E-state index is -0.730. The van der Waals surface area contributed by atoms with Crippen LogP contribution in [0.4, 0.5) is 4.39 Å². The molecule has 0 saturated carbocycles. The molecule has 0 aliphatic carbocycles. The van der Waals surface area contributed by atoms with Crippen molar-refractivity contribution in [1.82, 2.24) is 4.57 Å². The summed E-state index contributed by atoms with van der Waals surface area (Å²) in [6.07, 6.45) is 1.43. The summed E-state index contributed by atoms with van der Waals surface area (Å²) in [5.74, 6) is 0.868. The van der Waals surface area contributed by atoms with Crippen LogP contribution in [0.3, 0.4) is 0 Å². The van der Waals surface area contributed by atoms with Gasteiger partial charge in [0, 0.05) is 0 Å². The molecule has 0 radical (unpaired) electrons. The van der Waals surface area contributed by atoms with Gasteiger partial charge in [0.1, 0.15) is 18.2 Å². The molecular weight excluding hydrogens is 583 g/mol. The van der Waals surface area contributed by atoms with Crippen molar-refractivity contribution in [3.63, 3.8) is 0 Å².